The van der Waals surface area contributed by atoms with Crippen molar-refractivity contribution in [2.75, 3.05) is 0 Å². The van der Waals surface area contributed by atoms with Crippen molar-refractivity contribution in [2.24, 2.45) is 0 Å². The Balaban J connectivity index is 1.01. The minimum atomic E-state index is 0.518. The second-order valence-corrected chi connectivity index (χ2v) is 15.0. The quantitative estimate of drug-likeness (QED) is 0.154. The lowest BCUT2D eigenvalue weighted by Gasteiger charge is -2.21. The Morgan fingerprint density at radius 2 is 0.931 bits per heavy atom. The van der Waals surface area contributed by atoms with Gasteiger partial charge in [0.15, 0.2) is 5.82 Å². The molecule has 0 bridgehead atoms. The lowest BCUT2D eigenvalue weighted by atomic mass is 9.85. The van der Waals surface area contributed by atoms with Crippen molar-refractivity contribution >= 4 is 43.6 Å². The lowest BCUT2D eigenvalue weighted by molar-refractivity contribution is 0.442. The van der Waals surface area contributed by atoms with E-state index in [9.17, 15) is 0 Å². The van der Waals surface area contributed by atoms with Gasteiger partial charge >= 0.3 is 0 Å². The van der Waals surface area contributed by atoms with Gasteiger partial charge in [-0.25, -0.2) is 19.9 Å². The molecule has 0 spiro atoms. The molecule has 0 saturated heterocycles. The maximum atomic E-state index is 6.74. The highest BCUT2D eigenvalue weighted by atomic mass is 16.5. The summed E-state index contributed by atoms with van der Waals surface area (Å²) in [6.45, 7) is 0. The maximum absolute atomic E-state index is 6.74. The number of hydrogen-bond acceptors (Lipinski definition) is 6. The molecule has 0 amide bonds. The van der Waals surface area contributed by atoms with Crippen LogP contribution in [-0.4, -0.2) is 29.1 Å². The zero-order chi connectivity index (χ0) is 38.4. The Hall–Kier alpha value is -7.32. The van der Waals surface area contributed by atoms with E-state index >= 15 is 0 Å². The predicted molar refractivity (Wildman–Crippen MR) is 231 cm³/mol. The lowest BCUT2D eigenvalue weighted by Crippen LogP contribution is -2.05. The first kappa shape index (κ1) is 34.0. The molecule has 0 atom stereocenters. The summed E-state index contributed by atoms with van der Waals surface area (Å²) in [6.07, 6.45) is 13.9. The van der Waals surface area contributed by atoms with Gasteiger partial charge in [-0.2, -0.15) is 0 Å². The van der Waals surface area contributed by atoms with E-state index in [2.05, 4.69) is 81.9 Å². The molecule has 0 aliphatic heterocycles. The summed E-state index contributed by atoms with van der Waals surface area (Å²) in [7, 11) is 0. The zero-order valence-electron chi connectivity index (χ0n) is 31.7. The summed E-state index contributed by atoms with van der Waals surface area (Å²) in [4.78, 5) is 19.2. The monoisotopic (exact) mass is 754 g/mol. The Labute approximate surface area is 335 Å². The number of hydrogen-bond donors (Lipinski definition) is 0. The molecule has 1 saturated carbocycles. The molecule has 5 aromatic heterocycles. The number of aromatic nitrogens is 6. The van der Waals surface area contributed by atoms with Crippen LogP contribution in [0.3, 0.4) is 0 Å². The van der Waals surface area contributed by atoms with Crippen LogP contribution in [0.5, 0.6) is 23.0 Å². The van der Waals surface area contributed by atoms with E-state index in [-0.39, 0.29) is 0 Å². The van der Waals surface area contributed by atoms with E-state index in [1.54, 1.807) is 0 Å². The van der Waals surface area contributed by atoms with E-state index in [0.29, 0.717) is 34.7 Å². The molecule has 0 unspecified atom stereocenters. The van der Waals surface area contributed by atoms with Gasteiger partial charge in [0.05, 0.1) is 22.1 Å². The molecule has 280 valence electrons. The van der Waals surface area contributed by atoms with Crippen LogP contribution in [0.2, 0.25) is 0 Å². The van der Waals surface area contributed by atoms with E-state index in [4.69, 9.17) is 29.4 Å². The van der Waals surface area contributed by atoms with Crippen LogP contribution in [0.15, 0.2) is 164 Å². The van der Waals surface area contributed by atoms with Gasteiger partial charge in [-0.3, -0.25) is 9.13 Å². The van der Waals surface area contributed by atoms with E-state index < -0.39 is 0 Å². The molecule has 5 heterocycles. The summed E-state index contributed by atoms with van der Waals surface area (Å²) in [5.74, 6) is 5.41. The van der Waals surface area contributed by atoms with Gasteiger partial charge in [-0.1, -0.05) is 67.8 Å². The van der Waals surface area contributed by atoms with Gasteiger partial charge in [-0.05, 0) is 97.1 Å². The minimum absolute atomic E-state index is 0.518. The van der Waals surface area contributed by atoms with Crippen LogP contribution in [0.25, 0.3) is 66.6 Å². The number of ether oxygens (including phenoxy) is 2. The minimum Gasteiger partial charge on any atom is -0.457 e. The summed E-state index contributed by atoms with van der Waals surface area (Å²) >= 11 is 0. The van der Waals surface area contributed by atoms with Crippen LogP contribution < -0.4 is 9.47 Å². The highest BCUT2D eigenvalue weighted by Gasteiger charge is 2.19. The number of rotatable bonds is 8. The molecule has 10 aromatic rings. The fourth-order valence-corrected chi connectivity index (χ4v) is 8.72. The second-order valence-electron chi connectivity index (χ2n) is 15.0. The van der Waals surface area contributed by atoms with Crippen LogP contribution in [0.1, 0.15) is 43.6 Å². The summed E-state index contributed by atoms with van der Waals surface area (Å²) in [5, 5.41) is 4.55. The average molecular weight is 755 g/mol. The van der Waals surface area contributed by atoms with Gasteiger partial charge in [0.2, 0.25) is 0 Å². The Bertz CT molecular complexity index is 2920. The van der Waals surface area contributed by atoms with Crippen molar-refractivity contribution in [3.05, 3.63) is 170 Å². The highest BCUT2D eigenvalue weighted by molar-refractivity contribution is 6.10. The summed E-state index contributed by atoms with van der Waals surface area (Å²) in [6, 6.07) is 47.1. The normalized spacial score (nSPS) is 13.4. The Morgan fingerprint density at radius 3 is 1.45 bits per heavy atom. The number of pyridine rings is 2. The van der Waals surface area contributed by atoms with Crippen LogP contribution in [0.4, 0.5) is 0 Å². The maximum Gasteiger partial charge on any atom is 0.159 e. The van der Waals surface area contributed by atoms with Crippen LogP contribution in [-0.2, 0) is 0 Å². The highest BCUT2D eigenvalue weighted by Crippen LogP contribution is 2.40. The zero-order valence-corrected chi connectivity index (χ0v) is 31.7. The Kier molecular flexibility index (Phi) is 8.39. The smallest absolute Gasteiger partial charge is 0.159 e. The molecule has 8 heteroatoms. The summed E-state index contributed by atoms with van der Waals surface area (Å²) < 4.78 is 17.8. The standard InChI is InChI=1S/C50H38N6O2/c1-2-12-33(13-3-1)35-31-53-50(54-32-35)34-26-38(57-36-20-22-42-40-14-4-6-16-44(40)55(46(42)29-36)48-18-8-10-24-51-48)28-39(27-34)58-37-21-23-43-41-15-5-7-17-45(41)56(47(43)30-37)49-19-9-11-25-52-49/h4-11,14-33H,1-3,12-13H2. The molecule has 1 aliphatic carbocycles. The van der Waals surface area contributed by atoms with Crippen molar-refractivity contribution in [1.82, 2.24) is 29.1 Å². The molecule has 11 rings (SSSR count). The number of nitrogens with zero attached hydrogens (tertiary/aromatic N) is 6. The van der Waals surface area contributed by atoms with E-state index in [0.717, 1.165) is 60.8 Å². The van der Waals surface area contributed by atoms with Gasteiger partial charge in [-0.15, -0.1) is 0 Å². The molecule has 5 aromatic carbocycles. The van der Waals surface area contributed by atoms with E-state index in [1.165, 1.54) is 37.7 Å². The van der Waals surface area contributed by atoms with Crippen molar-refractivity contribution in [2.45, 2.75) is 38.0 Å². The third-order valence-electron chi connectivity index (χ3n) is 11.4. The van der Waals surface area contributed by atoms with Crippen molar-refractivity contribution in [3.63, 3.8) is 0 Å². The first-order valence-electron chi connectivity index (χ1n) is 20.0. The van der Waals surface area contributed by atoms with Gasteiger partial charge < -0.3 is 9.47 Å². The molecular weight excluding hydrogens is 717 g/mol. The molecule has 0 radical (unpaired) electrons. The second kappa shape index (κ2) is 14.3. The first-order valence-corrected chi connectivity index (χ1v) is 20.0. The average Bonchev–Trinajstić information content (AvgIpc) is 3.79. The van der Waals surface area contributed by atoms with Crippen LogP contribution >= 0.6 is 0 Å². The molecule has 1 fully saturated rings. The largest absolute Gasteiger partial charge is 0.457 e. The molecular formula is C50H38N6O2. The number of fused-ring (bicyclic) bond motifs is 6. The third kappa shape index (κ3) is 6.10. The molecule has 0 N–H and O–H groups in total. The fraction of sp³-hybridized carbons (Fsp3) is 0.120. The fourth-order valence-electron chi connectivity index (χ4n) is 8.72. The Morgan fingerprint density at radius 1 is 0.431 bits per heavy atom. The summed E-state index contributed by atoms with van der Waals surface area (Å²) in [5.41, 5.74) is 6.18. The molecule has 1 aliphatic rings. The van der Waals surface area contributed by atoms with Crippen LogP contribution in [0, 0.1) is 0 Å². The van der Waals surface area contributed by atoms with Crippen molar-refractivity contribution < 1.29 is 9.47 Å². The molecule has 8 nitrogen and oxygen atoms in total. The van der Waals surface area contributed by atoms with Crippen molar-refractivity contribution in [3.8, 4) is 46.0 Å². The van der Waals surface area contributed by atoms with Crippen molar-refractivity contribution in [1.29, 1.82) is 0 Å². The SMILES string of the molecule is c1ccc(-n2c3ccccc3c3ccc(Oc4cc(Oc5ccc6c7ccccc7n(-c7ccccn7)c6c5)cc(-c5ncc(C6CCCCC6)cn5)c4)cc32)nc1. The first-order chi connectivity index (χ1) is 28.7. The predicted octanol–water partition coefficient (Wildman–Crippen LogP) is 12.8. The topological polar surface area (TPSA) is 79.9 Å². The third-order valence-corrected chi connectivity index (χ3v) is 11.4. The number of benzene rings is 5. The van der Waals surface area contributed by atoms with Gasteiger partial charge in [0, 0.05) is 70.1 Å². The van der Waals surface area contributed by atoms with Gasteiger partial charge in [0.1, 0.15) is 34.6 Å². The molecule has 58 heavy (non-hydrogen) atoms. The van der Waals surface area contributed by atoms with E-state index in [1.807, 2.05) is 91.5 Å². The number of para-hydroxylation sites is 2. The van der Waals surface area contributed by atoms with Gasteiger partial charge in [0.25, 0.3) is 0 Å².